The van der Waals surface area contributed by atoms with Gasteiger partial charge >= 0.3 is 0 Å². The van der Waals surface area contributed by atoms with Gasteiger partial charge in [-0.15, -0.1) is 0 Å². The Labute approximate surface area is 134 Å². The highest BCUT2D eigenvalue weighted by Gasteiger charge is 2.18. The molecule has 1 atom stereocenters. The van der Waals surface area contributed by atoms with Gasteiger partial charge in [0.05, 0.1) is 4.47 Å². The van der Waals surface area contributed by atoms with Crippen molar-refractivity contribution in [3.63, 3.8) is 0 Å². The smallest absolute Gasteiger partial charge is 0.143 e. The Morgan fingerprint density at radius 1 is 1.15 bits per heavy atom. The summed E-state index contributed by atoms with van der Waals surface area (Å²) in [6, 6.07) is 10.7. The van der Waals surface area contributed by atoms with Crippen molar-refractivity contribution >= 4 is 31.9 Å². The zero-order valence-corrected chi connectivity index (χ0v) is 14.1. The standard InChI is InChI=1S/C16H14Br2F2/c1-10-3-2-4-11(7-10)12(9-17)8-13-15(19)6-5-14(18)16(13)20/h2-7,12H,8-9H2,1H3. The molecule has 2 aromatic rings. The van der Waals surface area contributed by atoms with E-state index in [0.29, 0.717) is 16.2 Å². The first-order chi connectivity index (χ1) is 9.52. The molecule has 2 rings (SSSR count). The average Bonchev–Trinajstić information content (AvgIpc) is 2.43. The molecule has 0 nitrogen and oxygen atoms in total. The molecule has 4 heteroatoms. The molecule has 2 aromatic carbocycles. The van der Waals surface area contributed by atoms with Gasteiger partial charge in [-0.2, -0.15) is 0 Å². The summed E-state index contributed by atoms with van der Waals surface area (Å²) in [5, 5.41) is 0.655. The fourth-order valence-corrected chi connectivity index (χ4v) is 3.16. The Kier molecular flexibility index (Phi) is 5.33. The average molecular weight is 404 g/mol. The van der Waals surface area contributed by atoms with Crippen molar-refractivity contribution in [3.8, 4) is 0 Å². The number of hydrogen-bond donors (Lipinski definition) is 0. The van der Waals surface area contributed by atoms with Crippen molar-refractivity contribution in [2.45, 2.75) is 19.3 Å². The molecule has 0 aliphatic carbocycles. The van der Waals surface area contributed by atoms with E-state index < -0.39 is 11.6 Å². The molecule has 0 bridgehead atoms. The Bertz CT molecular complexity index is 611. The molecule has 20 heavy (non-hydrogen) atoms. The lowest BCUT2D eigenvalue weighted by molar-refractivity contribution is 0.541. The van der Waals surface area contributed by atoms with Gasteiger partial charge in [-0.25, -0.2) is 8.78 Å². The second kappa shape index (κ2) is 6.81. The summed E-state index contributed by atoms with van der Waals surface area (Å²) >= 11 is 6.55. The second-order valence-electron chi connectivity index (χ2n) is 4.79. The summed E-state index contributed by atoms with van der Waals surface area (Å²) in [7, 11) is 0. The fraction of sp³-hybridized carbons (Fsp3) is 0.250. The molecule has 106 valence electrons. The van der Waals surface area contributed by atoms with Crippen LogP contribution in [0.1, 0.15) is 22.6 Å². The van der Waals surface area contributed by atoms with Gasteiger partial charge in [-0.05, 0) is 52.9 Å². The molecule has 0 aliphatic rings. The van der Waals surface area contributed by atoms with E-state index in [1.54, 1.807) is 0 Å². The SMILES string of the molecule is Cc1cccc(C(CBr)Cc2c(F)ccc(Br)c2F)c1. The van der Waals surface area contributed by atoms with Crippen LogP contribution in [0, 0.1) is 18.6 Å². The van der Waals surface area contributed by atoms with Gasteiger partial charge in [-0.1, -0.05) is 45.8 Å². The second-order valence-corrected chi connectivity index (χ2v) is 6.29. The Morgan fingerprint density at radius 2 is 1.90 bits per heavy atom. The van der Waals surface area contributed by atoms with Gasteiger partial charge in [0.2, 0.25) is 0 Å². The lowest BCUT2D eigenvalue weighted by atomic mass is 9.92. The van der Waals surface area contributed by atoms with E-state index in [2.05, 4.69) is 37.9 Å². The highest BCUT2D eigenvalue weighted by molar-refractivity contribution is 9.10. The number of alkyl halides is 1. The number of halogens is 4. The predicted octanol–water partition coefficient (Wildman–Crippen LogP) is 5.76. The molecule has 0 amide bonds. The van der Waals surface area contributed by atoms with Crippen LogP contribution in [-0.2, 0) is 6.42 Å². The maximum absolute atomic E-state index is 14.1. The van der Waals surface area contributed by atoms with Crippen molar-refractivity contribution in [1.82, 2.24) is 0 Å². The summed E-state index contributed by atoms with van der Waals surface area (Å²) in [5.74, 6) is -0.971. The summed E-state index contributed by atoms with van der Waals surface area (Å²) in [6.07, 6.45) is 0.325. The zero-order chi connectivity index (χ0) is 14.7. The molecule has 0 fully saturated rings. The first kappa shape index (κ1) is 15.6. The number of rotatable bonds is 4. The normalized spacial score (nSPS) is 12.4. The minimum absolute atomic E-state index is 0.0354. The minimum Gasteiger partial charge on any atom is -0.207 e. The zero-order valence-electron chi connectivity index (χ0n) is 11.0. The van der Waals surface area contributed by atoms with Crippen LogP contribution in [-0.4, -0.2) is 5.33 Å². The molecular formula is C16H14Br2F2. The van der Waals surface area contributed by atoms with Crippen LogP contribution in [0.5, 0.6) is 0 Å². The highest BCUT2D eigenvalue weighted by Crippen LogP contribution is 2.29. The third-order valence-electron chi connectivity index (χ3n) is 3.29. The fourth-order valence-electron chi connectivity index (χ4n) is 2.19. The Hall–Kier alpha value is -0.740. The van der Waals surface area contributed by atoms with E-state index in [1.165, 1.54) is 12.1 Å². The van der Waals surface area contributed by atoms with Gasteiger partial charge in [-0.3, -0.25) is 0 Å². The predicted molar refractivity (Wildman–Crippen MR) is 85.5 cm³/mol. The largest absolute Gasteiger partial charge is 0.207 e. The maximum atomic E-state index is 14.1. The molecule has 1 unspecified atom stereocenters. The van der Waals surface area contributed by atoms with Crippen molar-refractivity contribution in [3.05, 3.63) is 69.2 Å². The summed E-state index contributed by atoms with van der Waals surface area (Å²) in [5.41, 5.74) is 2.36. The lowest BCUT2D eigenvalue weighted by Gasteiger charge is -2.16. The lowest BCUT2D eigenvalue weighted by Crippen LogP contribution is -2.08. The Morgan fingerprint density at radius 3 is 2.55 bits per heavy atom. The van der Waals surface area contributed by atoms with Gasteiger partial charge in [0.15, 0.2) is 0 Å². The molecule has 0 radical (unpaired) electrons. The molecule has 0 N–H and O–H groups in total. The van der Waals surface area contributed by atoms with Crippen molar-refractivity contribution in [2.24, 2.45) is 0 Å². The number of benzene rings is 2. The van der Waals surface area contributed by atoms with Crippen LogP contribution in [0.4, 0.5) is 8.78 Å². The number of hydrogen-bond acceptors (Lipinski definition) is 0. The van der Waals surface area contributed by atoms with Crippen LogP contribution in [0.3, 0.4) is 0 Å². The third kappa shape index (κ3) is 3.47. The maximum Gasteiger partial charge on any atom is 0.143 e. The van der Waals surface area contributed by atoms with Crippen LogP contribution < -0.4 is 0 Å². The van der Waals surface area contributed by atoms with E-state index >= 15 is 0 Å². The molecule has 0 heterocycles. The van der Waals surface area contributed by atoms with Gasteiger partial charge in [0.25, 0.3) is 0 Å². The summed E-state index contributed by atoms with van der Waals surface area (Å²) < 4.78 is 28.2. The summed E-state index contributed by atoms with van der Waals surface area (Å²) in [6.45, 7) is 2.01. The Balaban J connectivity index is 2.34. The van der Waals surface area contributed by atoms with Crippen molar-refractivity contribution < 1.29 is 8.78 Å². The molecule has 0 saturated carbocycles. The van der Waals surface area contributed by atoms with Crippen molar-refractivity contribution in [1.29, 1.82) is 0 Å². The van der Waals surface area contributed by atoms with Gasteiger partial charge < -0.3 is 0 Å². The van der Waals surface area contributed by atoms with E-state index in [4.69, 9.17) is 0 Å². The molecule has 0 saturated heterocycles. The molecule has 0 spiro atoms. The van der Waals surface area contributed by atoms with Crippen LogP contribution >= 0.6 is 31.9 Å². The topological polar surface area (TPSA) is 0 Å². The molecule has 0 aliphatic heterocycles. The highest BCUT2D eigenvalue weighted by atomic mass is 79.9. The summed E-state index contributed by atoms with van der Waals surface area (Å²) in [4.78, 5) is 0. The molecular weight excluding hydrogens is 390 g/mol. The van der Waals surface area contributed by atoms with Crippen LogP contribution in [0.2, 0.25) is 0 Å². The van der Waals surface area contributed by atoms with Crippen LogP contribution in [0.25, 0.3) is 0 Å². The van der Waals surface area contributed by atoms with E-state index in [-0.39, 0.29) is 11.5 Å². The van der Waals surface area contributed by atoms with E-state index in [0.717, 1.165) is 11.1 Å². The number of aryl methyl sites for hydroxylation is 1. The third-order valence-corrected chi connectivity index (χ3v) is 4.68. The molecule has 0 aromatic heterocycles. The monoisotopic (exact) mass is 402 g/mol. The first-order valence-electron chi connectivity index (χ1n) is 6.27. The van der Waals surface area contributed by atoms with Gasteiger partial charge in [0, 0.05) is 10.9 Å². The van der Waals surface area contributed by atoms with E-state index in [1.807, 2.05) is 25.1 Å². The van der Waals surface area contributed by atoms with E-state index in [9.17, 15) is 8.78 Å². The van der Waals surface area contributed by atoms with Crippen LogP contribution in [0.15, 0.2) is 40.9 Å². The van der Waals surface area contributed by atoms with Gasteiger partial charge in [0.1, 0.15) is 11.6 Å². The first-order valence-corrected chi connectivity index (χ1v) is 8.19. The van der Waals surface area contributed by atoms with Crippen molar-refractivity contribution in [2.75, 3.05) is 5.33 Å². The minimum atomic E-state index is -0.511. The quantitative estimate of drug-likeness (QED) is 0.449.